The number of hydrogen-bond acceptors (Lipinski definition) is 6. The maximum Gasteiger partial charge on any atom is 0.347 e. The molecule has 3 heterocycles. The summed E-state index contributed by atoms with van der Waals surface area (Å²) in [6.07, 6.45) is 4.86. The van der Waals surface area contributed by atoms with E-state index < -0.39 is 0 Å². The Bertz CT molecular complexity index is 849. The van der Waals surface area contributed by atoms with Gasteiger partial charge in [-0.25, -0.2) is 19.7 Å². The highest BCUT2D eigenvalue weighted by Gasteiger charge is 2.10. The van der Waals surface area contributed by atoms with Crippen molar-refractivity contribution >= 4 is 16.9 Å². The summed E-state index contributed by atoms with van der Waals surface area (Å²) in [6.45, 7) is 2.08. The number of aromatic nitrogens is 6. The van der Waals surface area contributed by atoms with E-state index in [0.29, 0.717) is 22.7 Å². The number of aryl methyl sites for hydroxylation is 2. The predicted molar refractivity (Wildman–Crippen MR) is 73.1 cm³/mol. The van der Waals surface area contributed by atoms with Gasteiger partial charge in [-0.05, 0) is 12.5 Å². The smallest absolute Gasteiger partial charge is 0.347 e. The van der Waals surface area contributed by atoms with Crippen LogP contribution in [0.5, 0.6) is 0 Å². The van der Waals surface area contributed by atoms with Gasteiger partial charge in [0.05, 0.1) is 18.1 Å². The summed E-state index contributed by atoms with van der Waals surface area (Å²) in [7, 11) is 1.78. The van der Waals surface area contributed by atoms with Gasteiger partial charge in [0.25, 0.3) is 0 Å². The molecule has 0 amide bonds. The highest BCUT2D eigenvalue weighted by atomic mass is 16.1. The minimum atomic E-state index is -0.345. The van der Waals surface area contributed by atoms with Gasteiger partial charge < -0.3 is 5.73 Å². The van der Waals surface area contributed by atoms with Gasteiger partial charge in [-0.15, -0.1) is 0 Å². The number of nitrogens with zero attached hydrogens (tertiary/aromatic N) is 6. The zero-order chi connectivity index (χ0) is 14.3. The summed E-state index contributed by atoms with van der Waals surface area (Å²) in [4.78, 5) is 24.0. The molecule has 0 unspecified atom stereocenters. The second-order valence-corrected chi connectivity index (χ2v) is 4.57. The number of rotatable bonds is 2. The normalized spacial score (nSPS) is 11.1. The van der Waals surface area contributed by atoms with Gasteiger partial charge >= 0.3 is 5.69 Å². The first kappa shape index (κ1) is 12.3. The van der Waals surface area contributed by atoms with E-state index in [1.54, 1.807) is 24.1 Å². The number of anilines is 1. The maximum absolute atomic E-state index is 11.7. The Labute approximate surface area is 113 Å². The van der Waals surface area contributed by atoms with Gasteiger partial charge in [-0.1, -0.05) is 0 Å². The Morgan fingerprint density at radius 2 is 2.10 bits per heavy atom. The lowest BCUT2D eigenvalue weighted by molar-refractivity contribution is 0.685. The van der Waals surface area contributed by atoms with Crippen molar-refractivity contribution in [2.75, 3.05) is 5.73 Å². The van der Waals surface area contributed by atoms with Crippen LogP contribution in [-0.4, -0.2) is 29.3 Å². The average molecular weight is 271 g/mol. The molecule has 0 fully saturated rings. The summed E-state index contributed by atoms with van der Waals surface area (Å²) < 4.78 is 3.07. The molecule has 3 aromatic heterocycles. The van der Waals surface area contributed by atoms with E-state index >= 15 is 0 Å². The average Bonchev–Trinajstić information content (AvgIpc) is 2.77. The fourth-order valence-corrected chi connectivity index (χ4v) is 1.99. The summed E-state index contributed by atoms with van der Waals surface area (Å²) in [6, 6.07) is 0. The van der Waals surface area contributed by atoms with Gasteiger partial charge in [0, 0.05) is 19.4 Å². The van der Waals surface area contributed by atoms with Gasteiger partial charge in [-0.2, -0.15) is 5.10 Å². The molecular formula is C12H13N7O. The number of fused-ring (bicyclic) bond motifs is 1. The van der Waals surface area contributed by atoms with Crippen molar-refractivity contribution in [3.63, 3.8) is 0 Å². The van der Waals surface area contributed by atoms with Crippen LogP contribution in [0.2, 0.25) is 0 Å². The van der Waals surface area contributed by atoms with Crippen LogP contribution in [-0.2, 0) is 13.6 Å². The minimum absolute atomic E-state index is 0.221. The second-order valence-electron chi connectivity index (χ2n) is 4.57. The highest BCUT2D eigenvalue weighted by molar-refractivity contribution is 5.84. The fourth-order valence-electron chi connectivity index (χ4n) is 1.99. The Hall–Kier alpha value is -2.77. The van der Waals surface area contributed by atoms with Crippen molar-refractivity contribution in [3.05, 3.63) is 40.5 Å². The molecule has 0 aliphatic heterocycles. The third-order valence-corrected chi connectivity index (χ3v) is 2.96. The van der Waals surface area contributed by atoms with E-state index in [9.17, 15) is 4.79 Å². The van der Waals surface area contributed by atoms with Crippen LogP contribution >= 0.6 is 0 Å². The SMILES string of the molecule is Cc1cnc(=O)n(Cc2nc(N)c3cnn(C)c3n2)c1. The van der Waals surface area contributed by atoms with E-state index in [0.717, 1.165) is 5.56 Å². The Balaban J connectivity index is 2.08. The standard InChI is InChI=1S/C12H13N7O/c1-7-3-14-12(20)19(5-7)6-9-16-10(13)8-4-15-18(2)11(8)17-9/h3-5H,6H2,1-2H3,(H2,13,16,17). The molecule has 0 aliphatic carbocycles. The van der Waals surface area contributed by atoms with Crippen LogP contribution in [0.4, 0.5) is 5.82 Å². The van der Waals surface area contributed by atoms with E-state index in [2.05, 4.69) is 20.1 Å². The predicted octanol–water partition coefficient (Wildman–Crippen LogP) is -0.141. The molecule has 0 spiro atoms. The van der Waals surface area contributed by atoms with Crippen LogP contribution < -0.4 is 11.4 Å². The summed E-state index contributed by atoms with van der Waals surface area (Å²) in [5.74, 6) is 0.805. The first-order valence-electron chi connectivity index (χ1n) is 6.02. The number of nitrogens with two attached hydrogens (primary N) is 1. The van der Waals surface area contributed by atoms with Crippen LogP contribution in [0.1, 0.15) is 11.4 Å². The molecule has 8 heteroatoms. The summed E-state index contributed by atoms with van der Waals surface area (Å²) in [5.41, 5.74) is 7.07. The van der Waals surface area contributed by atoms with Crippen molar-refractivity contribution in [2.45, 2.75) is 13.5 Å². The van der Waals surface area contributed by atoms with Gasteiger partial charge in [0.15, 0.2) is 11.5 Å². The lowest BCUT2D eigenvalue weighted by Gasteiger charge is -2.06. The molecule has 2 N–H and O–H groups in total. The zero-order valence-corrected chi connectivity index (χ0v) is 11.1. The van der Waals surface area contributed by atoms with E-state index in [4.69, 9.17) is 5.73 Å². The quantitative estimate of drug-likeness (QED) is 0.695. The lowest BCUT2D eigenvalue weighted by Crippen LogP contribution is -2.24. The summed E-state index contributed by atoms with van der Waals surface area (Å²) >= 11 is 0. The molecule has 0 aromatic carbocycles. The van der Waals surface area contributed by atoms with Crippen molar-refractivity contribution in [1.82, 2.24) is 29.3 Å². The maximum atomic E-state index is 11.7. The molecule has 20 heavy (non-hydrogen) atoms. The number of hydrogen-bond donors (Lipinski definition) is 1. The molecule has 3 rings (SSSR count). The zero-order valence-electron chi connectivity index (χ0n) is 11.1. The Kier molecular flexibility index (Phi) is 2.70. The molecule has 3 aromatic rings. The van der Waals surface area contributed by atoms with Crippen LogP contribution in [0.3, 0.4) is 0 Å². The number of nitrogen functional groups attached to an aromatic ring is 1. The molecule has 0 saturated carbocycles. The van der Waals surface area contributed by atoms with Crippen molar-refractivity contribution in [2.24, 2.45) is 7.05 Å². The largest absolute Gasteiger partial charge is 0.383 e. The van der Waals surface area contributed by atoms with Crippen molar-refractivity contribution in [3.8, 4) is 0 Å². The molecule has 8 nitrogen and oxygen atoms in total. The van der Waals surface area contributed by atoms with Crippen LogP contribution in [0.25, 0.3) is 11.0 Å². The minimum Gasteiger partial charge on any atom is -0.383 e. The second kappa shape index (κ2) is 4.41. The van der Waals surface area contributed by atoms with Crippen molar-refractivity contribution in [1.29, 1.82) is 0 Å². The van der Waals surface area contributed by atoms with Crippen LogP contribution in [0.15, 0.2) is 23.4 Å². The molecule has 0 saturated heterocycles. The first-order valence-corrected chi connectivity index (χ1v) is 6.02. The molecule has 0 bridgehead atoms. The topological polar surface area (TPSA) is 105 Å². The van der Waals surface area contributed by atoms with E-state index in [-0.39, 0.29) is 12.2 Å². The Morgan fingerprint density at radius 3 is 2.90 bits per heavy atom. The third kappa shape index (κ3) is 2.00. The van der Waals surface area contributed by atoms with Gasteiger partial charge in [-0.3, -0.25) is 9.25 Å². The molecular weight excluding hydrogens is 258 g/mol. The third-order valence-electron chi connectivity index (χ3n) is 2.96. The first-order chi connectivity index (χ1) is 9.54. The van der Waals surface area contributed by atoms with E-state index in [1.165, 1.54) is 10.8 Å². The molecule has 0 aliphatic rings. The Morgan fingerprint density at radius 1 is 1.30 bits per heavy atom. The molecule has 102 valence electrons. The molecule has 0 atom stereocenters. The monoisotopic (exact) mass is 271 g/mol. The highest BCUT2D eigenvalue weighted by Crippen LogP contribution is 2.16. The lowest BCUT2D eigenvalue weighted by atomic mass is 10.3. The van der Waals surface area contributed by atoms with E-state index in [1.807, 2.05) is 6.92 Å². The van der Waals surface area contributed by atoms with Crippen LogP contribution in [0, 0.1) is 6.92 Å². The van der Waals surface area contributed by atoms with Crippen molar-refractivity contribution < 1.29 is 0 Å². The fraction of sp³-hybridized carbons (Fsp3) is 0.250. The molecule has 0 radical (unpaired) electrons. The summed E-state index contributed by atoms with van der Waals surface area (Å²) in [5, 5.41) is 4.79. The van der Waals surface area contributed by atoms with Gasteiger partial charge in [0.2, 0.25) is 0 Å². The van der Waals surface area contributed by atoms with Gasteiger partial charge in [0.1, 0.15) is 5.82 Å².